The van der Waals surface area contributed by atoms with Crippen LogP contribution in [0.25, 0.3) is 0 Å². The van der Waals surface area contributed by atoms with Gasteiger partial charge in [0.05, 0.1) is 12.2 Å². The molecule has 6 heteroatoms. The molecular weight excluding hydrogens is 324 g/mol. The summed E-state index contributed by atoms with van der Waals surface area (Å²) in [7, 11) is 0. The van der Waals surface area contributed by atoms with Gasteiger partial charge in [0.25, 0.3) is 0 Å². The van der Waals surface area contributed by atoms with Gasteiger partial charge in [-0.15, -0.1) is 11.3 Å². The first-order valence-electron chi connectivity index (χ1n) is 8.08. The Hall–Kier alpha value is -1.40. The van der Waals surface area contributed by atoms with Crippen molar-refractivity contribution in [2.75, 3.05) is 13.1 Å². The minimum Gasteiger partial charge on any atom is -0.357 e. The Labute approximate surface area is 147 Å². The summed E-state index contributed by atoms with van der Waals surface area (Å²) in [5.41, 5.74) is 2.53. The van der Waals surface area contributed by atoms with Crippen LogP contribution in [0.4, 0.5) is 0 Å². The highest BCUT2D eigenvalue weighted by Gasteiger charge is 2.08. The number of hydrogen-bond acceptors (Lipinski definition) is 4. The first-order valence-corrected chi connectivity index (χ1v) is 9.91. The van der Waals surface area contributed by atoms with Crippen molar-refractivity contribution >= 4 is 28.6 Å². The molecule has 0 saturated heterocycles. The molecule has 1 unspecified atom stereocenters. The van der Waals surface area contributed by atoms with Gasteiger partial charge in [-0.25, -0.2) is 9.98 Å². The summed E-state index contributed by atoms with van der Waals surface area (Å²) in [6.07, 6.45) is 0. The molecule has 0 amide bonds. The molecule has 2 rings (SSSR count). The molecule has 4 nitrogen and oxygen atoms in total. The number of aromatic nitrogens is 1. The van der Waals surface area contributed by atoms with E-state index in [0.29, 0.717) is 18.4 Å². The van der Waals surface area contributed by atoms with Crippen LogP contribution in [0.3, 0.4) is 0 Å². The number of nitrogens with one attached hydrogen (secondary N) is 2. The van der Waals surface area contributed by atoms with Crippen molar-refractivity contribution in [3.05, 3.63) is 38.5 Å². The Morgan fingerprint density at radius 1 is 1.26 bits per heavy atom. The molecule has 0 aliphatic carbocycles. The fourth-order valence-electron chi connectivity index (χ4n) is 2.07. The van der Waals surface area contributed by atoms with Gasteiger partial charge in [0.1, 0.15) is 5.01 Å². The minimum absolute atomic E-state index is 0.470. The quantitative estimate of drug-likeness (QED) is 0.581. The van der Waals surface area contributed by atoms with E-state index in [2.05, 4.69) is 70.5 Å². The normalized spacial score (nSPS) is 13.3. The standard InChI is InChI=1S/C17H26N4S2/c1-5-18-17(19-8-13(4)14-6-7-22-10-14)20-9-16-21-15(11-23-16)12(2)3/h6-7,10-13H,5,8-9H2,1-4H3,(H2,18,19,20). The van der Waals surface area contributed by atoms with Crippen LogP contribution in [0.1, 0.15) is 55.8 Å². The Morgan fingerprint density at radius 2 is 2.09 bits per heavy atom. The Bertz CT molecular complexity index is 602. The van der Waals surface area contributed by atoms with Crippen LogP contribution in [-0.4, -0.2) is 24.0 Å². The first-order chi connectivity index (χ1) is 11.1. The molecule has 0 saturated carbocycles. The number of hydrogen-bond donors (Lipinski definition) is 2. The molecule has 23 heavy (non-hydrogen) atoms. The molecule has 2 heterocycles. The average molecular weight is 351 g/mol. The minimum atomic E-state index is 0.470. The Balaban J connectivity index is 1.91. The maximum Gasteiger partial charge on any atom is 0.191 e. The predicted molar refractivity (Wildman–Crippen MR) is 102 cm³/mol. The van der Waals surface area contributed by atoms with Crippen LogP contribution in [0, 0.1) is 0 Å². The van der Waals surface area contributed by atoms with Gasteiger partial charge in [-0.05, 0) is 41.1 Å². The van der Waals surface area contributed by atoms with Crippen molar-refractivity contribution in [2.45, 2.75) is 46.1 Å². The zero-order valence-corrected chi connectivity index (χ0v) is 15.9. The molecule has 0 aliphatic rings. The third kappa shape index (κ3) is 5.62. The van der Waals surface area contributed by atoms with Gasteiger partial charge >= 0.3 is 0 Å². The Kier molecular flexibility index (Phi) is 7.05. The summed E-state index contributed by atoms with van der Waals surface area (Å²) in [5, 5.41) is 14.3. The summed E-state index contributed by atoms with van der Waals surface area (Å²) in [6.45, 7) is 11.0. The lowest BCUT2D eigenvalue weighted by Gasteiger charge is -2.15. The number of nitrogens with zero attached hydrogens (tertiary/aromatic N) is 2. The number of thiophene rings is 1. The highest BCUT2D eigenvalue weighted by atomic mass is 32.1. The van der Waals surface area contributed by atoms with E-state index in [1.165, 1.54) is 5.56 Å². The van der Waals surface area contributed by atoms with Crippen LogP contribution in [0.2, 0.25) is 0 Å². The van der Waals surface area contributed by atoms with Crippen LogP contribution >= 0.6 is 22.7 Å². The van der Waals surface area contributed by atoms with E-state index in [1.54, 1.807) is 22.7 Å². The monoisotopic (exact) mass is 350 g/mol. The molecule has 0 aromatic carbocycles. The van der Waals surface area contributed by atoms with Crippen molar-refractivity contribution in [3.8, 4) is 0 Å². The lowest BCUT2D eigenvalue weighted by atomic mass is 10.1. The second-order valence-electron chi connectivity index (χ2n) is 5.85. The van der Waals surface area contributed by atoms with E-state index in [0.717, 1.165) is 29.8 Å². The molecule has 0 aliphatic heterocycles. The van der Waals surface area contributed by atoms with Crippen LogP contribution in [-0.2, 0) is 6.54 Å². The highest BCUT2D eigenvalue weighted by Crippen LogP contribution is 2.18. The van der Waals surface area contributed by atoms with E-state index >= 15 is 0 Å². The molecule has 2 aromatic rings. The van der Waals surface area contributed by atoms with Crippen LogP contribution < -0.4 is 10.6 Å². The van der Waals surface area contributed by atoms with Crippen molar-refractivity contribution in [1.82, 2.24) is 15.6 Å². The number of aliphatic imine (C=N–C) groups is 1. The van der Waals surface area contributed by atoms with Crippen molar-refractivity contribution in [1.29, 1.82) is 0 Å². The second kappa shape index (κ2) is 9.03. The molecule has 0 spiro atoms. The topological polar surface area (TPSA) is 49.3 Å². The van der Waals surface area contributed by atoms with Gasteiger partial charge in [-0.2, -0.15) is 11.3 Å². The van der Waals surface area contributed by atoms with E-state index in [1.807, 2.05) is 0 Å². The molecular formula is C17H26N4S2. The third-order valence-corrected chi connectivity index (χ3v) is 5.12. The Morgan fingerprint density at radius 3 is 2.70 bits per heavy atom. The SMILES string of the molecule is CCNC(=NCc1nc(C(C)C)cs1)NCC(C)c1ccsc1. The largest absolute Gasteiger partial charge is 0.357 e. The number of thiazole rings is 1. The van der Waals surface area contributed by atoms with Gasteiger partial charge in [0, 0.05) is 18.5 Å². The molecule has 2 aromatic heterocycles. The zero-order chi connectivity index (χ0) is 16.7. The van der Waals surface area contributed by atoms with Crippen LogP contribution in [0.15, 0.2) is 27.2 Å². The third-order valence-electron chi connectivity index (χ3n) is 3.57. The maximum absolute atomic E-state index is 4.65. The second-order valence-corrected chi connectivity index (χ2v) is 7.58. The van der Waals surface area contributed by atoms with Gasteiger partial charge in [0.15, 0.2) is 5.96 Å². The van der Waals surface area contributed by atoms with Crippen molar-refractivity contribution in [2.24, 2.45) is 4.99 Å². The smallest absolute Gasteiger partial charge is 0.191 e. The molecule has 126 valence electrons. The molecule has 2 N–H and O–H groups in total. The summed E-state index contributed by atoms with van der Waals surface area (Å²) < 4.78 is 0. The van der Waals surface area contributed by atoms with E-state index < -0.39 is 0 Å². The molecule has 0 radical (unpaired) electrons. The fraction of sp³-hybridized carbons (Fsp3) is 0.529. The maximum atomic E-state index is 4.65. The van der Waals surface area contributed by atoms with Gasteiger partial charge in [-0.1, -0.05) is 20.8 Å². The highest BCUT2D eigenvalue weighted by molar-refractivity contribution is 7.09. The lowest BCUT2D eigenvalue weighted by molar-refractivity contribution is 0.701. The van der Waals surface area contributed by atoms with Crippen molar-refractivity contribution in [3.63, 3.8) is 0 Å². The zero-order valence-electron chi connectivity index (χ0n) is 14.3. The summed E-state index contributed by atoms with van der Waals surface area (Å²) >= 11 is 3.43. The van der Waals surface area contributed by atoms with Gasteiger partial charge in [0.2, 0.25) is 0 Å². The lowest BCUT2D eigenvalue weighted by Crippen LogP contribution is -2.39. The average Bonchev–Trinajstić information content (AvgIpc) is 3.20. The van der Waals surface area contributed by atoms with Gasteiger partial charge in [-0.3, -0.25) is 0 Å². The fourth-order valence-corrected chi connectivity index (χ4v) is 3.74. The predicted octanol–water partition coefficient (Wildman–Crippen LogP) is 4.19. The number of rotatable bonds is 7. The van der Waals surface area contributed by atoms with E-state index in [9.17, 15) is 0 Å². The number of guanidine groups is 1. The van der Waals surface area contributed by atoms with Crippen LogP contribution in [0.5, 0.6) is 0 Å². The first kappa shape index (κ1) is 17.9. The molecule has 0 bridgehead atoms. The van der Waals surface area contributed by atoms with Crippen molar-refractivity contribution < 1.29 is 0 Å². The summed E-state index contributed by atoms with van der Waals surface area (Å²) in [4.78, 5) is 9.29. The molecule has 0 fully saturated rings. The summed E-state index contributed by atoms with van der Waals surface area (Å²) in [5.74, 6) is 1.80. The summed E-state index contributed by atoms with van der Waals surface area (Å²) in [6, 6.07) is 2.18. The molecule has 1 atom stereocenters. The van der Waals surface area contributed by atoms with E-state index in [-0.39, 0.29) is 0 Å². The van der Waals surface area contributed by atoms with E-state index in [4.69, 9.17) is 0 Å². The van der Waals surface area contributed by atoms with Gasteiger partial charge < -0.3 is 10.6 Å².